The smallest absolute Gasteiger partial charge is 0.312 e. The predicted octanol–water partition coefficient (Wildman–Crippen LogP) is 2.93. The summed E-state index contributed by atoms with van der Waals surface area (Å²) in [6, 6.07) is 0. The molecule has 0 aromatic rings. The highest BCUT2D eigenvalue weighted by Gasteiger charge is 2.21. The van der Waals surface area contributed by atoms with E-state index in [1.165, 1.54) is 12.0 Å². The fourth-order valence-corrected chi connectivity index (χ4v) is 1.80. The van der Waals surface area contributed by atoms with E-state index in [9.17, 15) is 4.79 Å². The SMILES string of the molecule is CCOC(=O)C(C)C1=CC[C@H](C)CC1. The maximum Gasteiger partial charge on any atom is 0.312 e. The van der Waals surface area contributed by atoms with Crippen molar-refractivity contribution in [3.8, 4) is 0 Å². The Bertz CT molecular complexity index is 230. The Balaban J connectivity index is 2.52. The lowest BCUT2D eigenvalue weighted by atomic mass is 9.85. The third-order valence-electron chi connectivity index (χ3n) is 2.90. The number of allylic oxidation sites excluding steroid dienone is 1. The van der Waals surface area contributed by atoms with E-state index < -0.39 is 0 Å². The van der Waals surface area contributed by atoms with Crippen LogP contribution in [0.2, 0.25) is 0 Å². The summed E-state index contributed by atoms with van der Waals surface area (Å²) in [7, 11) is 0. The van der Waals surface area contributed by atoms with Crippen molar-refractivity contribution < 1.29 is 9.53 Å². The van der Waals surface area contributed by atoms with Crippen LogP contribution < -0.4 is 0 Å². The molecule has 0 fully saturated rings. The Kier molecular flexibility index (Phi) is 4.18. The predicted molar refractivity (Wildman–Crippen MR) is 56.9 cm³/mol. The number of esters is 1. The van der Waals surface area contributed by atoms with Crippen LogP contribution in [0.1, 0.15) is 40.0 Å². The molecule has 0 radical (unpaired) electrons. The van der Waals surface area contributed by atoms with Gasteiger partial charge in [0.15, 0.2) is 0 Å². The largest absolute Gasteiger partial charge is 0.466 e. The van der Waals surface area contributed by atoms with Gasteiger partial charge in [-0.2, -0.15) is 0 Å². The molecule has 0 aliphatic heterocycles. The zero-order chi connectivity index (χ0) is 10.6. The summed E-state index contributed by atoms with van der Waals surface area (Å²) in [5.74, 6) is 0.656. The molecule has 1 aliphatic rings. The average molecular weight is 196 g/mol. The molecule has 14 heavy (non-hydrogen) atoms. The molecule has 0 aromatic heterocycles. The molecule has 0 N–H and O–H groups in total. The minimum Gasteiger partial charge on any atom is -0.466 e. The van der Waals surface area contributed by atoms with Crippen LogP contribution in [-0.2, 0) is 9.53 Å². The Morgan fingerprint density at radius 1 is 1.71 bits per heavy atom. The van der Waals surface area contributed by atoms with Gasteiger partial charge in [-0.25, -0.2) is 0 Å². The van der Waals surface area contributed by atoms with Crippen molar-refractivity contribution in [3.05, 3.63) is 11.6 Å². The van der Waals surface area contributed by atoms with Crippen LogP contribution in [-0.4, -0.2) is 12.6 Å². The Morgan fingerprint density at radius 2 is 2.43 bits per heavy atom. The van der Waals surface area contributed by atoms with E-state index in [1.807, 2.05) is 13.8 Å². The van der Waals surface area contributed by atoms with Gasteiger partial charge in [0.25, 0.3) is 0 Å². The minimum absolute atomic E-state index is 0.0394. The van der Waals surface area contributed by atoms with E-state index >= 15 is 0 Å². The van der Waals surface area contributed by atoms with E-state index in [4.69, 9.17) is 4.74 Å². The molecule has 0 saturated heterocycles. The number of carbonyl (C=O) groups is 1. The minimum atomic E-state index is -0.0756. The van der Waals surface area contributed by atoms with Gasteiger partial charge in [0.05, 0.1) is 12.5 Å². The standard InChI is InChI=1S/C12H20O2/c1-4-14-12(13)10(3)11-7-5-9(2)6-8-11/h7,9-10H,4-6,8H2,1-3H3/t9-,10?/m0/s1. The molecule has 0 spiro atoms. The third-order valence-corrected chi connectivity index (χ3v) is 2.90. The van der Waals surface area contributed by atoms with E-state index in [2.05, 4.69) is 13.0 Å². The second-order valence-corrected chi connectivity index (χ2v) is 4.13. The first-order chi connectivity index (χ1) is 6.65. The van der Waals surface area contributed by atoms with Crippen molar-refractivity contribution in [2.75, 3.05) is 6.61 Å². The first-order valence-corrected chi connectivity index (χ1v) is 5.50. The summed E-state index contributed by atoms with van der Waals surface area (Å²) in [5, 5.41) is 0. The summed E-state index contributed by atoms with van der Waals surface area (Å²) in [4.78, 5) is 11.5. The van der Waals surface area contributed by atoms with E-state index in [1.54, 1.807) is 0 Å². The van der Waals surface area contributed by atoms with Crippen LogP contribution >= 0.6 is 0 Å². The van der Waals surface area contributed by atoms with Crippen molar-refractivity contribution in [1.82, 2.24) is 0 Å². The van der Waals surface area contributed by atoms with E-state index in [0.29, 0.717) is 6.61 Å². The highest BCUT2D eigenvalue weighted by molar-refractivity contribution is 5.75. The van der Waals surface area contributed by atoms with Gasteiger partial charge >= 0.3 is 5.97 Å². The van der Waals surface area contributed by atoms with Crippen molar-refractivity contribution in [3.63, 3.8) is 0 Å². The van der Waals surface area contributed by atoms with Crippen LogP contribution in [0.4, 0.5) is 0 Å². The maximum atomic E-state index is 11.5. The first kappa shape index (κ1) is 11.3. The molecule has 2 heteroatoms. The second kappa shape index (κ2) is 5.18. The number of ether oxygens (including phenoxy) is 1. The molecular weight excluding hydrogens is 176 g/mol. The van der Waals surface area contributed by atoms with Gasteiger partial charge in [0, 0.05) is 0 Å². The van der Waals surface area contributed by atoms with Gasteiger partial charge in [-0.1, -0.05) is 18.6 Å². The number of carbonyl (C=O) groups excluding carboxylic acids is 1. The summed E-state index contributed by atoms with van der Waals surface area (Å²) in [5.41, 5.74) is 1.27. The monoisotopic (exact) mass is 196 g/mol. The lowest BCUT2D eigenvalue weighted by molar-refractivity contribution is -0.146. The van der Waals surface area contributed by atoms with Crippen LogP contribution in [0.3, 0.4) is 0 Å². The number of hydrogen-bond donors (Lipinski definition) is 0. The van der Waals surface area contributed by atoms with Gasteiger partial charge in [0.2, 0.25) is 0 Å². The Morgan fingerprint density at radius 3 is 2.93 bits per heavy atom. The highest BCUT2D eigenvalue weighted by Crippen LogP contribution is 2.28. The number of hydrogen-bond acceptors (Lipinski definition) is 2. The van der Waals surface area contributed by atoms with Gasteiger partial charge in [0.1, 0.15) is 0 Å². The zero-order valence-corrected chi connectivity index (χ0v) is 9.38. The molecule has 1 rings (SSSR count). The maximum absolute atomic E-state index is 11.5. The molecule has 2 nitrogen and oxygen atoms in total. The summed E-state index contributed by atoms with van der Waals surface area (Å²) < 4.78 is 5.00. The molecule has 0 bridgehead atoms. The fraction of sp³-hybridized carbons (Fsp3) is 0.750. The molecule has 0 saturated carbocycles. The number of rotatable bonds is 3. The summed E-state index contributed by atoms with van der Waals surface area (Å²) in [6.45, 7) is 6.52. The van der Waals surface area contributed by atoms with E-state index in [-0.39, 0.29) is 11.9 Å². The molecule has 2 atom stereocenters. The lowest BCUT2D eigenvalue weighted by Gasteiger charge is -2.21. The van der Waals surface area contributed by atoms with Gasteiger partial charge in [-0.15, -0.1) is 0 Å². The average Bonchev–Trinajstić information content (AvgIpc) is 2.18. The fourth-order valence-electron chi connectivity index (χ4n) is 1.80. The van der Waals surface area contributed by atoms with Crippen LogP contribution in [0.15, 0.2) is 11.6 Å². The molecule has 0 aromatic carbocycles. The first-order valence-electron chi connectivity index (χ1n) is 5.50. The van der Waals surface area contributed by atoms with Crippen molar-refractivity contribution in [2.45, 2.75) is 40.0 Å². The molecule has 0 heterocycles. The van der Waals surface area contributed by atoms with Crippen LogP contribution in [0, 0.1) is 11.8 Å². The summed E-state index contributed by atoms with van der Waals surface area (Å²) in [6.07, 6.45) is 5.59. The Labute approximate surface area is 86.3 Å². The highest BCUT2D eigenvalue weighted by atomic mass is 16.5. The van der Waals surface area contributed by atoms with Crippen molar-refractivity contribution in [2.24, 2.45) is 11.8 Å². The Hall–Kier alpha value is -0.790. The second-order valence-electron chi connectivity index (χ2n) is 4.13. The van der Waals surface area contributed by atoms with Crippen LogP contribution in [0.25, 0.3) is 0 Å². The van der Waals surface area contributed by atoms with Crippen LogP contribution in [0.5, 0.6) is 0 Å². The lowest BCUT2D eigenvalue weighted by Crippen LogP contribution is -2.19. The van der Waals surface area contributed by atoms with Gasteiger partial charge in [-0.05, 0) is 39.0 Å². The molecule has 80 valence electrons. The van der Waals surface area contributed by atoms with E-state index in [0.717, 1.165) is 18.8 Å². The van der Waals surface area contributed by atoms with Gasteiger partial charge in [-0.3, -0.25) is 4.79 Å². The molecule has 1 unspecified atom stereocenters. The quantitative estimate of drug-likeness (QED) is 0.512. The normalized spacial score (nSPS) is 23.9. The third kappa shape index (κ3) is 2.86. The molecular formula is C12H20O2. The molecule has 1 aliphatic carbocycles. The summed E-state index contributed by atoms with van der Waals surface area (Å²) >= 11 is 0. The van der Waals surface area contributed by atoms with Crippen molar-refractivity contribution >= 4 is 5.97 Å². The topological polar surface area (TPSA) is 26.3 Å². The van der Waals surface area contributed by atoms with Crippen molar-refractivity contribution in [1.29, 1.82) is 0 Å². The van der Waals surface area contributed by atoms with Gasteiger partial charge < -0.3 is 4.74 Å². The zero-order valence-electron chi connectivity index (χ0n) is 9.38. The molecule has 0 amide bonds.